The molecule has 0 aliphatic rings. The Balaban J connectivity index is 1.73. The molecule has 0 aliphatic carbocycles. The number of nitrogens with one attached hydrogen (secondary N) is 2. The first-order chi connectivity index (χ1) is 11.5. The number of halogens is 1. The number of fused-ring (bicyclic) bond motifs is 1. The van der Waals surface area contributed by atoms with Crippen molar-refractivity contribution in [1.29, 1.82) is 0 Å². The number of amides is 2. The molecular formula is C17H14FN3O2S. The van der Waals surface area contributed by atoms with E-state index in [9.17, 15) is 14.0 Å². The van der Waals surface area contributed by atoms with Gasteiger partial charge in [0.25, 0.3) is 0 Å². The average Bonchev–Trinajstić information content (AvgIpc) is 2.90. The molecule has 0 saturated heterocycles. The maximum absolute atomic E-state index is 13.5. The van der Waals surface area contributed by atoms with Crippen LogP contribution in [0.4, 0.5) is 15.2 Å². The highest BCUT2D eigenvalue weighted by molar-refractivity contribution is 7.22. The van der Waals surface area contributed by atoms with Gasteiger partial charge in [0.1, 0.15) is 5.82 Å². The molecule has 0 bridgehead atoms. The van der Waals surface area contributed by atoms with E-state index in [0.717, 1.165) is 15.8 Å². The second-order valence-electron chi connectivity index (χ2n) is 5.21. The van der Waals surface area contributed by atoms with Crippen LogP contribution in [0.3, 0.4) is 0 Å². The fraction of sp³-hybridized carbons (Fsp3) is 0.118. The summed E-state index contributed by atoms with van der Waals surface area (Å²) in [6, 6.07) is 11.5. The van der Waals surface area contributed by atoms with Crippen LogP contribution in [0.15, 0.2) is 42.5 Å². The van der Waals surface area contributed by atoms with Gasteiger partial charge < -0.3 is 10.6 Å². The molecule has 0 unspecified atom stereocenters. The van der Waals surface area contributed by atoms with E-state index in [2.05, 4.69) is 15.6 Å². The second-order valence-corrected chi connectivity index (χ2v) is 6.24. The maximum atomic E-state index is 13.5. The van der Waals surface area contributed by atoms with Crippen LogP contribution in [0.25, 0.3) is 10.2 Å². The molecule has 2 amide bonds. The molecule has 0 saturated carbocycles. The molecule has 0 aliphatic heterocycles. The minimum absolute atomic E-state index is 0.123. The van der Waals surface area contributed by atoms with Gasteiger partial charge in [-0.15, -0.1) is 0 Å². The molecule has 24 heavy (non-hydrogen) atoms. The van der Waals surface area contributed by atoms with Crippen LogP contribution in [-0.4, -0.2) is 16.8 Å². The van der Waals surface area contributed by atoms with Crippen molar-refractivity contribution in [1.82, 2.24) is 4.98 Å². The number of benzene rings is 2. The molecule has 3 aromatic rings. The first-order valence-corrected chi connectivity index (χ1v) is 8.04. The van der Waals surface area contributed by atoms with Crippen LogP contribution in [0.5, 0.6) is 0 Å². The Bertz CT molecular complexity index is 923. The Kier molecular flexibility index (Phi) is 4.52. The SMILES string of the molecule is CC(=O)Nc1nc2ccc(CC(=O)Nc3ccccc3F)cc2s1. The lowest BCUT2D eigenvalue weighted by molar-refractivity contribution is -0.116. The lowest BCUT2D eigenvalue weighted by atomic mass is 10.1. The Morgan fingerprint density at radius 1 is 1.17 bits per heavy atom. The molecule has 7 heteroatoms. The van der Waals surface area contributed by atoms with Gasteiger partial charge in [0.2, 0.25) is 11.8 Å². The predicted molar refractivity (Wildman–Crippen MR) is 92.7 cm³/mol. The van der Waals surface area contributed by atoms with E-state index < -0.39 is 5.82 Å². The van der Waals surface area contributed by atoms with Crippen molar-refractivity contribution >= 4 is 44.2 Å². The summed E-state index contributed by atoms with van der Waals surface area (Å²) >= 11 is 1.34. The molecule has 0 atom stereocenters. The summed E-state index contributed by atoms with van der Waals surface area (Å²) in [7, 11) is 0. The van der Waals surface area contributed by atoms with E-state index >= 15 is 0 Å². The molecule has 1 aromatic heterocycles. The number of rotatable bonds is 4. The Morgan fingerprint density at radius 2 is 1.96 bits per heavy atom. The fourth-order valence-corrected chi connectivity index (χ4v) is 3.20. The zero-order chi connectivity index (χ0) is 17.1. The molecule has 5 nitrogen and oxygen atoms in total. The van der Waals surface area contributed by atoms with E-state index in [1.807, 2.05) is 6.07 Å². The fourth-order valence-electron chi connectivity index (χ4n) is 2.23. The van der Waals surface area contributed by atoms with E-state index in [1.165, 1.54) is 30.4 Å². The van der Waals surface area contributed by atoms with Crippen LogP contribution in [0.1, 0.15) is 12.5 Å². The van der Waals surface area contributed by atoms with Gasteiger partial charge in [-0.3, -0.25) is 9.59 Å². The summed E-state index contributed by atoms with van der Waals surface area (Å²) in [5.74, 6) is -0.951. The monoisotopic (exact) mass is 343 g/mol. The number of hydrogen-bond donors (Lipinski definition) is 2. The summed E-state index contributed by atoms with van der Waals surface area (Å²) in [5.41, 5.74) is 1.70. The molecule has 0 radical (unpaired) electrons. The highest BCUT2D eigenvalue weighted by Crippen LogP contribution is 2.27. The van der Waals surface area contributed by atoms with E-state index in [0.29, 0.717) is 5.13 Å². The van der Waals surface area contributed by atoms with Gasteiger partial charge in [-0.25, -0.2) is 9.37 Å². The quantitative estimate of drug-likeness (QED) is 0.761. The van der Waals surface area contributed by atoms with Gasteiger partial charge in [-0.05, 0) is 29.8 Å². The highest BCUT2D eigenvalue weighted by atomic mass is 32.1. The van der Waals surface area contributed by atoms with Crippen LogP contribution >= 0.6 is 11.3 Å². The molecule has 2 N–H and O–H groups in total. The van der Waals surface area contributed by atoms with Gasteiger partial charge >= 0.3 is 0 Å². The van der Waals surface area contributed by atoms with Crippen molar-refractivity contribution in [3.05, 3.63) is 53.8 Å². The van der Waals surface area contributed by atoms with Crippen molar-refractivity contribution in [3.8, 4) is 0 Å². The van der Waals surface area contributed by atoms with Gasteiger partial charge in [0.05, 0.1) is 22.3 Å². The van der Waals surface area contributed by atoms with Crippen molar-refractivity contribution in [2.45, 2.75) is 13.3 Å². The van der Waals surface area contributed by atoms with Gasteiger partial charge in [-0.2, -0.15) is 0 Å². The predicted octanol–water partition coefficient (Wildman–Crippen LogP) is 3.58. The Morgan fingerprint density at radius 3 is 2.71 bits per heavy atom. The van der Waals surface area contributed by atoms with Crippen molar-refractivity contribution in [2.75, 3.05) is 10.6 Å². The molecule has 1 heterocycles. The highest BCUT2D eigenvalue weighted by Gasteiger charge is 2.10. The summed E-state index contributed by atoms with van der Waals surface area (Å²) in [4.78, 5) is 27.4. The normalized spacial score (nSPS) is 10.6. The first-order valence-electron chi connectivity index (χ1n) is 7.23. The number of anilines is 2. The molecule has 2 aromatic carbocycles. The van der Waals surface area contributed by atoms with Crippen LogP contribution in [0, 0.1) is 5.82 Å². The largest absolute Gasteiger partial charge is 0.323 e. The Labute approximate surface area is 141 Å². The van der Waals surface area contributed by atoms with E-state index in [-0.39, 0.29) is 23.9 Å². The molecular weight excluding hydrogens is 329 g/mol. The first kappa shape index (κ1) is 16.1. The third kappa shape index (κ3) is 3.75. The standard InChI is InChI=1S/C17H14FN3O2S/c1-10(22)19-17-21-14-7-6-11(8-15(14)24-17)9-16(23)20-13-5-3-2-4-12(13)18/h2-8H,9H2,1H3,(H,20,23)(H,19,21,22). The van der Waals surface area contributed by atoms with Crippen molar-refractivity contribution in [3.63, 3.8) is 0 Å². The smallest absolute Gasteiger partial charge is 0.228 e. The average molecular weight is 343 g/mol. The van der Waals surface area contributed by atoms with E-state index in [4.69, 9.17) is 0 Å². The number of para-hydroxylation sites is 1. The number of carbonyl (C=O) groups excluding carboxylic acids is 2. The van der Waals surface area contributed by atoms with Crippen LogP contribution in [-0.2, 0) is 16.0 Å². The third-order valence-electron chi connectivity index (χ3n) is 3.25. The minimum atomic E-state index is -0.469. The van der Waals surface area contributed by atoms with E-state index in [1.54, 1.807) is 24.3 Å². The number of carbonyl (C=O) groups is 2. The summed E-state index contributed by atoms with van der Waals surface area (Å²) in [6.07, 6.45) is 0.123. The Hall–Kier alpha value is -2.80. The van der Waals surface area contributed by atoms with Crippen molar-refractivity contribution < 1.29 is 14.0 Å². The molecule has 3 rings (SSSR count). The van der Waals surface area contributed by atoms with Crippen molar-refractivity contribution in [2.24, 2.45) is 0 Å². The molecule has 122 valence electrons. The molecule has 0 spiro atoms. The number of thiazole rings is 1. The van der Waals surface area contributed by atoms with Crippen LogP contribution < -0.4 is 10.6 Å². The minimum Gasteiger partial charge on any atom is -0.323 e. The summed E-state index contributed by atoms with van der Waals surface area (Å²) in [6.45, 7) is 1.42. The van der Waals surface area contributed by atoms with Crippen LogP contribution in [0.2, 0.25) is 0 Å². The second kappa shape index (κ2) is 6.76. The topological polar surface area (TPSA) is 71.1 Å². The number of aromatic nitrogens is 1. The summed E-state index contributed by atoms with van der Waals surface area (Å²) < 4.78 is 14.4. The van der Waals surface area contributed by atoms with Gasteiger partial charge in [0.15, 0.2) is 5.13 Å². The summed E-state index contributed by atoms with van der Waals surface area (Å²) in [5, 5.41) is 5.71. The lowest BCUT2D eigenvalue weighted by Gasteiger charge is -2.06. The third-order valence-corrected chi connectivity index (χ3v) is 4.18. The lowest BCUT2D eigenvalue weighted by Crippen LogP contribution is -2.15. The zero-order valence-electron chi connectivity index (χ0n) is 12.8. The zero-order valence-corrected chi connectivity index (χ0v) is 13.6. The number of hydrogen-bond acceptors (Lipinski definition) is 4. The number of nitrogens with zero attached hydrogens (tertiary/aromatic N) is 1. The maximum Gasteiger partial charge on any atom is 0.228 e. The molecule has 0 fully saturated rings. The van der Waals surface area contributed by atoms with Gasteiger partial charge in [0, 0.05) is 6.92 Å². The van der Waals surface area contributed by atoms with Gasteiger partial charge in [-0.1, -0.05) is 29.5 Å².